The molecule has 0 atom stereocenters. The van der Waals surface area contributed by atoms with E-state index in [4.69, 9.17) is 14.2 Å². The Balaban J connectivity index is 1.59. The van der Waals surface area contributed by atoms with Crippen LogP contribution >= 0.6 is 43.6 Å². The lowest BCUT2D eigenvalue weighted by Crippen LogP contribution is -2.34. The molecule has 4 rings (SSSR count). The Morgan fingerprint density at radius 2 is 1.79 bits per heavy atom. The van der Waals surface area contributed by atoms with Crippen LogP contribution < -0.4 is 29.3 Å². The summed E-state index contributed by atoms with van der Waals surface area (Å²) >= 11 is 7.76. The van der Waals surface area contributed by atoms with Crippen molar-refractivity contribution in [2.45, 2.75) is 5.16 Å². The molecule has 0 aliphatic carbocycles. The molecule has 0 saturated carbocycles. The van der Waals surface area contributed by atoms with Gasteiger partial charge in [0.25, 0.3) is 11.7 Å². The quantitative estimate of drug-likeness (QED) is 0.112. The molecule has 0 aliphatic rings. The first-order chi connectivity index (χ1) is 18.9. The number of para-hydroxylation sites is 1. The van der Waals surface area contributed by atoms with Crippen LogP contribution in [0.15, 0.2) is 73.8 Å². The van der Waals surface area contributed by atoms with Crippen LogP contribution in [0.5, 0.6) is 23.0 Å². The molecule has 0 spiro atoms. The van der Waals surface area contributed by atoms with Gasteiger partial charge in [-0.15, -0.1) is 5.10 Å². The predicted molar refractivity (Wildman–Crippen MR) is 153 cm³/mol. The van der Waals surface area contributed by atoms with Crippen LogP contribution in [-0.2, 0) is 4.79 Å². The summed E-state index contributed by atoms with van der Waals surface area (Å²) in [6, 6.07) is 16.5. The first-order valence-electron chi connectivity index (χ1n) is 11.3. The van der Waals surface area contributed by atoms with Crippen LogP contribution in [0.25, 0.3) is 17.1 Å². The highest BCUT2D eigenvalue weighted by atomic mass is 79.9. The molecule has 3 aromatic carbocycles. The van der Waals surface area contributed by atoms with E-state index < -0.39 is 0 Å². The van der Waals surface area contributed by atoms with Crippen molar-refractivity contribution in [1.29, 1.82) is 0 Å². The standard InChI is InChI=1S/C26H23Br2N5O5S/c1-36-20-10-15(11-21(37-2)24(20)38-3)25-31-32-26(33(25)18-7-5-4-6-8-18)39-14-22(34)30-29-13-16-9-17(27)12-19(28)23(16)35/h4-13H,14H2,1-3H3,(H2,29,30,34,35). The molecule has 0 saturated heterocycles. The first-order valence-corrected chi connectivity index (χ1v) is 13.9. The van der Waals surface area contributed by atoms with Gasteiger partial charge in [0.05, 0.1) is 44.0 Å². The summed E-state index contributed by atoms with van der Waals surface area (Å²) in [6.45, 7) is 0. The van der Waals surface area contributed by atoms with Gasteiger partial charge in [-0.2, -0.15) is 9.67 Å². The zero-order chi connectivity index (χ0) is 27.9. The molecule has 0 unspecified atom stereocenters. The number of hydrogen-bond acceptors (Lipinski definition) is 8. The average Bonchev–Trinajstić information content (AvgIpc) is 3.38. The van der Waals surface area contributed by atoms with Crippen molar-refractivity contribution >= 4 is 55.7 Å². The maximum Gasteiger partial charge on any atom is 0.342 e. The number of nitrogens with one attached hydrogen (secondary N) is 2. The summed E-state index contributed by atoms with van der Waals surface area (Å²) in [6.07, 6.45) is 1.31. The minimum atomic E-state index is -0.366. The normalized spacial score (nSPS) is 11.0. The van der Waals surface area contributed by atoms with Crippen LogP contribution in [0.3, 0.4) is 0 Å². The molecule has 0 fully saturated rings. The number of H-pyrrole nitrogens is 1. The molecular weight excluding hydrogens is 654 g/mol. The van der Waals surface area contributed by atoms with Crippen LogP contribution in [0.4, 0.5) is 0 Å². The van der Waals surface area contributed by atoms with Crippen LogP contribution in [-0.4, -0.2) is 49.4 Å². The number of thioether (sulfide) groups is 1. The van der Waals surface area contributed by atoms with Gasteiger partial charge in [0.15, 0.2) is 11.5 Å². The number of methoxy groups -OCH3 is 3. The van der Waals surface area contributed by atoms with E-state index in [1.807, 2.05) is 47.0 Å². The second-order valence-corrected chi connectivity index (χ2v) is 10.5. The molecule has 0 radical (unpaired) electrons. The fraction of sp³-hybridized carbons (Fsp3) is 0.154. The third kappa shape index (κ3) is 6.54. The number of benzene rings is 3. The maximum atomic E-state index is 12.6. The lowest BCUT2D eigenvalue weighted by molar-refractivity contribution is -0.625. The smallest absolute Gasteiger partial charge is 0.342 e. The lowest BCUT2D eigenvalue weighted by Gasteiger charge is -2.13. The van der Waals surface area contributed by atoms with Crippen LogP contribution in [0.2, 0.25) is 0 Å². The Kier molecular flexibility index (Phi) is 9.49. The predicted octanol–water partition coefficient (Wildman–Crippen LogP) is 4.22. The van der Waals surface area contributed by atoms with Crippen molar-refractivity contribution in [2.75, 3.05) is 27.1 Å². The number of aromatic nitrogens is 3. The Morgan fingerprint density at radius 1 is 1.10 bits per heavy atom. The highest BCUT2D eigenvalue weighted by Crippen LogP contribution is 2.40. The van der Waals surface area contributed by atoms with Gasteiger partial charge in [-0.3, -0.25) is 4.79 Å². The van der Waals surface area contributed by atoms with Gasteiger partial charge in [-0.1, -0.05) is 55.8 Å². The Morgan fingerprint density at radius 3 is 2.44 bits per heavy atom. The summed E-state index contributed by atoms with van der Waals surface area (Å²) in [5, 5.41) is 24.2. The number of amides is 1. The number of rotatable bonds is 10. The van der Waals surface area contributed by atoms with E-state index in [0.717, 1.165) is 11.3 Å². The highest BCUT2D eigenvalue weighted by molar-refractivity contribution is 9.11. The summed E-state index contributed by atoms with van der Waals surface area (Å²) in [7, 11) is 4.64. The van der Waals surface area contributed by atoms with Crippen molar-refractivity contribution in [2.24, 2.45) is 5.10 Å². The SMILES string of the molecule is COc1cc(-c2[nH]nc(SCC(=O)N/N=C/c3cc(Br)cc(Br)c3[O-])[n+]2-c2ccccc2)cc(OC)c1OC. The number of hydrogen-bond donors (Lipinski definition) is 2. The molecule has 2 N–H and O–H groups in total. The number of carbonyl (C=O) groups is 1. The number of nitrogens with zero attached hydrogens (tertiary/aromatic N) is 3. The minimum absolute atomic E-state index is 0.0239. The largest absolute Gasteiger partial charge is 0.871 e. The minimum Gasteiger partial charge on any atom is -0.871 e. The monoisotopic (exact) mass is 675 g/mol. The van der Waals surface area contributed by atoms with E-state index in [1.165, 1.54) is 18.0 Å². The lowest BCUT2D eigenvalue weighted by atomic mass is 10.1. The Labute approximate surface area is 245 Å². The van der Waals surface area contributed by atoms with Crippen LogP contribution in [0, 0.1) is 0 Å². The van der Waals surface area contributed by atoms with Crippen molar-refractivity contribution in [3.8, 4) is 40.1 Å². The third-order valence-corrected chi connectivity index (χ3v) is 7.37. The summed E-state index contributed by atoms with van der Waals surface area (Å²) < 4.78 is 19.5. The van der Waals surface area contributed by atoms with E-state index in [2.05, 4.69) is 52.6 Å². The second kappa shape index (κ2) is 13.0. The maximum absolute atomic E-state index is 12.6. The van der Waals surface area contributed by atoms with Gasteiger partial charge in [0.1, 0.15) is 5.69 Å². The fourth-order valence-corrected chi connectivity index (χ4v) is 5.65. The third-order valence-electron chi connectivity index (χ3n) is 5.39. The van der Waals surface area contributed by atoms with Crippen molar-refractivity contribution in [1.82, 2.24) is 15.6 Å². The molecule has 1 aromatic heterocycles. The molecule has 4 aromatic rings. The molecular formula is C26H23Br2N5O5S. The summed E-state index contributed by atoms with van der Waals surface area (Å²) in [4.78, 5) is 12.6. The van der Waals surface area contributed by atoms with Gasteiger partial charge < -0.3 is 19.3 Å². The Hall–Kier alpha value is -3.55. The van der Waals surface area contributed by atoms with Gasteiger partial charge in [-0.25, -0.2) is 5.43 Å². The molecule has 13 heteroatoms. The van der Waals surface area contributed by atoms with Crippen molar-refractivity contribution in [3.63, 3.8) is 0 Å². The average molecular weight is 677 g/mol. The molecule has 1 heterocycles. The first kappa shape index (κ1) is 28.5. The van der Waals surface area contributed by atoms with Gasteiger partial charge in [-0.05, 0) is 53.7 Å². The molecule has 1 amide bonds. The van der Waals surface area contributed by atoms with Gasteiger partial charge in [0.2, 0.25) is 5.75 Å². The fourth-order valence-electron chi connectivity index (χ4n) is 3.63. The number of halogens is 2. The summed E-state index contributed by atoms with van der Waals surface area (Å²) in [5.41, 5.74) is 4.35. The van der Waals surface area contributed by atoms with Gasteiger partial charge in [0, 0.05) is 8.95 Å². The highest BCUT2D eigenvalue weighted by Gasteiger charge is 2.27. The zero-order valence-corrected chi connectivity index (χ0v) is 25.0. The number of ether oxygens (including phenoxy) is 3. The topological polar surface area (TPSA) is 125 Å². The number of carbonyl (C=O) groups excluding carboxylic acids is 1. The van der Waals surface area contributed by atoms with E-state index in [9.17, 15) is 9.90 Å². The number of hydrazone groups is 1. The second-order valence-electron chi connectivity index (χ2n) is 7.83. The van der Waals surface area contributed by atoms with Crippen molar-refractivity contribution in [3.05, 3.63) is 69.1 Å². The van der Waals surface area contributed by atoms with Crippen LogP contribution in [0.1, 0.15) is 5.56 Å². The molecule has 202 valence electrons. The molecule has 39 heavy (non-hydrogen) atoms. The summed E-state index contributed by atoms with van der Waals surface area (Å²) in [5.74, 6) is 1.53. The molecule has 10 nitrogen and oxygen atoms in total. The van der Waals surface area contributed by atoms with E-state index in [-0.39, 0.29) is 17.4 Å². The van der Waals surface area contributed by atoms with Crippen molar-refractivity contribution < 1.29 is 28.7 Å². The zero-order valence-electron chi connectivity index (χ0n) is 21.0. The molecule has 0 aliphatic heterocycles. The number of aromatic amines is 1. The van der Waals surface area contributed by atoms with E-state index >= 15 is 0 Å². The van der Waals surface area contributed by atoms with Gasteiger partial charge >= 0.3 is 5.16 Å². The molecule has 0 bridgehead atoms. The van der Waals surface area contributed by atoms with E-state index in [1.54, 1.807) is 33.5 Å². The van der Waals surface area contributed by atoms with E-state index in [0.29, 0.717) is 42.7 Å². The Bertz CT molecular complexity index is 1490.